The molecular formula is C21H23BrN4S2. The summed E-state index contributed by atoms with van der Waals surface area (Å²) in [6.07, 6.45) is 6.52. The van der Waals surface area contributed by atoms with Crippen molar-refractivity contribution in [1.29, 1.82) is 0 Å². The van der Waals surface area contributed by atoms with E-state index in [-0.39, 0.29) is 17.0 Å². The molecule has 28 heavy (non-hydrogen) atoms. The fraction of sp³-hybridized carbons (Fsp3) is 0.190. The predicted octanol–water partition coefficient (Wildman–Crippen LogP) is 1.91. The van der Waals surface area contributed by atoms with Gasteiger partial charge in [0.1, 0.15) is 11.7 Å². The summed E-state index contributed by atoms with van der Waals surface area (Å²) in [6, 6.07) is 13.0. The van der Waals surface area contributed by atoms with Crippen LogP contribution in [0.3, 0.4) is 0 Å². The number of anilines is 3. The van der Waals surface area contributed by atoms with Crippen LogP contribution in [0.15, 0.2) is 58.5 Å². The molecule has 0 saturated heterocycles. The molecule has 2 aromatic carbocycles. The maximum atomic E-state index is 3.21. The summed E-state index contributed by atoms with van der Waals surface area (Å²) in [5, 5.41) is 8.88. The van der Waals surface area contributed by atoms with Crippen LogP contribution in [0.25, 0.3) is 16.3 Å². The molecule has 0 radical (unpaired) electrons. The summed E-state index contributed by atoms with van der Waals surface area (Å²) < 4.78 is 3.53. The number of fused-ring (bicyclic) bond motifs is 2. The number of nitrogens with zero attached hydrogens (tertiary/aromatic N) is 2. The lowest BCUT2D eigenvalue weighted by Gasteiger charge is -2.12. The molecule has 4 rings (SSSR count). The third-order valence-electron chi connectivity index (χ3n) is 4.79. The number of thiazole rings is 1. The van der Waals surface area contributed by atoms with Crippen molar-refractivity contribution in [1.82, 2.24) is 0 Å². The van der Waals surface area contributed by atoms with Crippen LogP contribution in [0.4, 0.5) is 17.1 Å². The summed E-state index contributed by atoms with van der Waals surface area (Å²) >= 11 is 3.61. The molecule has 146 valence electrons. The topological polar surface area (TPSA) is 31.2 Å². The van der Waals surface area contributed by atoms with E-state index in [1.807, 2.05) is 37.2 Å². The van der Waals surface area contributed by atoms with Gasteiger partial charge in [-0.05, 0) is 36.4 Å². The molecule has 3 aromatic rings. The molecule has 2 N–H and O–H groups in total. The second-order valence-electron chi connectivity index (χ2n) is 6.39. The molecule has 2 heterocycles. The average Bonchev–Trinajstić information content (AvgIpc) is 3.18. The zero-order valence-corrected chi connectivity index (χ0v) is 19.5. The molecule has 0 unspecified atom stereocenters. The number of aryl methyl sites for hydroxylation is 1. The van der Waals surface area contributed by atoms with E-state index >= 15 is 0 Å². The van der Waals surface area contributed by atoms with Crippen molar-refractivity contribution in [2.24, 2.45) is 7.05 Å². The van der Waals surface area contributed by atoms with E-state index in [1.165, 1.54) is 30.8 Å². The van der Waals surface area contributed by atoms with E-state index in [9.17, 15) is 0 Å². The van der Waals surface area contributed by atoms with E-state index in [2.05, 4.69) is 88.8 Å². The molecule has 0 atom stereocenters. The minimum Gasteiger partial charge on any atom is -1.00 e. The molecule has 0 spiro atoms. The number of aromatic nitrogens is 1. The van der Waals surface area contributed by atoms with Crippen molar-refractivity contribution < 1.29 is 21.5 Å². The van der Waals surface area contributed by atoms with E-state index in [0.717, 1.165) is 11.4 Å². The number of nitrogens with one attached hydrogen (secondary N) is 2. The number of rotatable bonds is 4. The van der Waals surface area contributed by atoms with Crippen molar-refractivity contribution in [3.05, 3.63) is 58.6 Å². The van der Waals surface area contributed by atoms with Crippen molar-refractivity contribution >= 4 is 56.5 Å². The molecule has 4 nitrogen and oxygen atoms in total. The minimum absolute atomic E-state index is 0. The molecule has 0 saturated carbocycles. The second-order valence-corrected chi connectivity index (χ2v) is 8.51. The minimum atomic E-state index is 0. The smallest absolute Gasteiger partial charge is 0.262 e. The molecule has 0 fully saturated rings. The third-order valence-corrected chi connectivity index (χ3v) is 7.12. The Morgan fingerprint density at radius 2 is 1.75 bits per heavy atom. The van der Waals surface area contributed by atoms with E-state index in [1.54, 1.807) is 0 Å². The fourth-order valence-corrected chi connectivity index (χ4v) is 5.37. The van der Waals surface area contributed by atoms with Crippen LogP contribution in [-0.2, 0) is 7.05 Å². The molecular weight excluding hydrogens is 452 g/mol. The number of benzene rings is 2. The summed E-state index contributed by atoms with van der Waals surface area (Å²) in [5.41, 5.74) is 4.80. The first kappa shape index (κ1) is 20.8. The van der Waals surface area contributed by atoms with E-state index in [4.69, 9.17) is 0 Å². The van der Waals surface area contributed by atoms with E-state index in [0.29, 0.717) is 0 Å². The van der Waals surface area contributed by atoms with Gasteiger partial charge in [-0.25, -0.2) is 0 Å². The zero-order chi connectivity index (χ0) is 19.0. The van der Waals surface area contributed by atoms with Crippen LogP contribution in [0.2, 0.25) is 0 Å². The van der Waals surface area contributed by atoms with Gasteiger partial charge in [-0.2, -0.15) is 4.57 Å². The summed E-state index contributed by atoms with van der Waals surface area (Å²) in [6.45, 7) is 0. The van der Waals surface area contributed by atoms with Gasteiger partial charge in [0, 0.05) is 49.6 Å². The monoisotopic (exact) mass is 474 g/mol. The Bertz CT molecular complexity index is 1070. The fourth-order valence-electron chi connectivity index (χ4n) is 3.16. The van der Waals surface area contributed by atoms with Crippen LogP contribution in [0, 0.1) is 0 Å². The first-order valence-corrected chi connectivity index (χ1v) is 10.5. The second kappa shape index (κ2) is 8.59. The maximum absolute atomic E-state index is 3.21. The highest BCUT2D eigenvalue weighted by atomic mass is 79.9. The summed E-state index contributed by atoms with van der Waals surface area (Å²) in [7, 11) is 8.15. The van der Waals surface area contributed by atoms with Gasteiger partial charge in [0.15, 0.2) is 0 Å². The van der Waals surface area contributed by atoms with Gasteiger partial charge >= 0.3 is 0 Å². The maximum Gasteiger partial charge on any atom is 0.262 e. The molecule has 1 aromatic heterocycles. The number of thioether (sulfide) groups is 1. The van der Waals surface area contributed by atoms with Crippen molar-refractivity contribution in [2.45, 2.75) is 4.90 Å². The van der Waals surface area contributed by atoms with Crippen LogP contribution < -0.4 is 37.1 Å². The number of hydrogen-bond donors (Lipinski definition) is 2. The SMILES string of the molecule is CNc1ccc2c(c1)SC(=CC=Cc1sc3cc(NC)ccc3[n+]1C)N2C.[Br-]. The summed E-state index contributed by atoms with van der Waals surface area (Å²) in [4.78, 5) is 3.53. The lowest BCUT2D eigenvalue weighted by Crippen LogP contribution is -3.00. The predicted molar refractivity (Wildman–Crippen MR) is 120 cm³/mol. The van der Waals surface area contributed by atoms with Gasteiger partial charge in [-0.15, -0.1) is 0 Å². The van der Waals surface area contributed by atoms with Gasteiger partial charge < -0.3 is 32.5 Å². The molecule has 0 aliphatic carbocycles. The number of allylic oxidation sites excluding steroid dienone is 2. The first-order chi connectivity index (χ1) is 13.1. The lowest BCUT2D eigenvalue weighted by atomic mass is 10.2. The summed E-state index contributed by atoms with van der Waals surface area (Å²) in [5.74, 6) is 0. The Morgan fingerprint density at radius 3 is 2.50 bits per heavy atom. The standard InChI is InChI=1S/C21H23N4S2.BrH/c1-22-14-8-10-16-18(12-14)26-20(24(16)3)6-5-7-21-25(4)17-11-9-15(23-2)13-19(17)27-21;/h5-13,22-23H,1-4H3;1H/q+1;/p-1. The van der Waals surface area contributed by atoms with Gasteiger partial charge in [-0.3, -0.25) is 0 Å². The zero-order valence-electron chi connectivity index (χ0n) is 16.3. The van der Waals surface area contributed by atoms with Crippen LogP contribution in [0.1, 0.15) is 5.01 Å². The Balaban J connectivity index is 0.00000225. The Kier molecular flexibility index (Phi) is 6.37. The number of halogens is 1. The van der Waals surface area contributed by atoms with Crippen LogP contribution in [0.5, 0.6) is 0 Å². The Labute approximate surface area is 184 Å². The van der Waals surface area contributed by atoms with Crippen molar-refractivity contribution in [2.75, 3.05) is 36.7 Å². The lowest BCUT2D eigenvalue weighted by molar-refractivity contribution is -0.642. The normalized spacial score (nSPS) is 14.6. The van der Waals surface area contributed by atoms with Gasteiger partial charge in [0.05, 0.1) is 10.7 Å². The molecule has 7 heteroatoms. The van der Waals surface area contributed by atoms with Crippen LogP contribution in [-0.4, -0.2) is 21.1 Å². The highest BCUT2D eigenvalue weighted by molar-refractivity contribution is 8.03. The van der Waals surface area contributed by atoms with Gasteiger partial charge in [-0.1, -0.05) is 29.2 Å². The highest BCUT2D eigenvalue weighted by Gasteiger charge is 2.21. The molecule has 0 bridgehead atoms. The quantitative estimate of drug-likeness (QED) is 0.565. The van der Waals surface area contributed by atoms with Gasteiger partial charge in [0.2, 0.25) is 5.52 Å². The average molecular weight is 475 g/mol. The largest absolute Gasteiger partial charge is 1.00 e. The molecule has 0 amide bonds. The highest BCUT2D eigenvalue weighted by Crippen LogP contribution is 2.46. The molecule has 1 aliphatic heterocycles. The van der Waals surface area contributed by atoms with Crippen molar-refractivity contribution in [3.63, 3.8) is 0 Å². The molecule has 1 aliphatic rings. The third kappa shape index (κ3) is 3.79. The Hall–Kier alpha value is -1.96. The van der Waals surface area contributed by atoms with Gasteiger partial charge in [0.25, 0.3) is 5.01 Å². The van der Waals surface area contributed by atoms with Crippen LogP contribution >= 0.6 is 23.1 Å². The first-order valence-electron chi connectivity index (χ1n) is 8.83. The van der Waals surface area contributed by atoms with E-state index < -0.39 is 0 Å². The Morgan fingerprint density at radius 1 is 1.04 bits per heavy atom. The van der Waals surface area contributed by atoms with Crippen molar-refractivity contribution in [3.8, 4) is 0 Å². The number of hydrogen-bond acceptors (Lipinski definition) is 5.